The van der Waals surface area contributed by atoms with Gasteiger partial charge in [-0.3, -0.25) is 0 Å². The van der Waals surface area contributed by atoms with Gasteiger partial charge in [-0.1, -0.05) is 0 Å². The Hall–Kier alpha value is -1.69. The summed E-state index contributed by atoms with van der Waals surface area (Å²) in [7, 11) is 1.27. The van der Waals surface area contributed by atoms with Crippen LogP contribution >= 0.6 is 11.3 Å². The van der Waals surface area contributed by atoms with Crippen LogP contribution in [-0.2, 0) is 4.74 Å². The summed E-state index contributed by atoms with van der Waals surface area (Å²) >= 11 is 1.10. The zero-order valence-electron chi connectivity index (χ0n) is 8.70. The number of nitrogens with zero attached hydrogens (tertiary/aromatic N) is 1. The van der Waals surface area contributed by atoms with Crippen LogP contribution in [0.4, 0.5) is 10.1 Å². The van der Waals surface area contributed by atoms with Crippen LogP contribution in [0.1, 0.15) is 15.4 Å². The summed E-state index contributed by atoms with van der Waals surface area (Å²) in [5, 5.41) is 0.452. The summed E-state index contributed by atoms with van der Waals surface area (Å²) in [5.74, 6) is -0.966. The van der Waals surface area contributed by atoms with E-state index in [4.69, 9.17) is 5.73 Å². The summed E-state index contributed by atoms with van der Waals surface area (Å²) in [6.45, 7) is 1.56. The third-order valence-corrected chi connectivity index (χ3v) is 3.32. The number of aryl methyl sites for hydroxylation is 1. The number of thiophene rings is 1. The van der Waals surface area contributed by atoms with Gasteiger partial charge in [-0.2, -0.15) is 0 Å². The number of hydrogen-bond acceptors (Lipinski definition) is 5. The molecule has 0 aliphatic heterocycles. The van der Waals surface area contributed by atoms with Gasteiger partial charge in [-0.05, 0) is 13.0 Å². The molecular formula is C10H9FN2O2S. The first-order chi connectivity index (χ1) is 7.54. The molecule has 2 N–H and O–H groups in total. The maximum atomic E-state index is 13.3. The molecule has 0 aliphatic rings. The first-order valence-corrected chi connectivity index (χ1v) is 5.29. The van der Waals surface area contributed by atoms with Crippen molar-refractivity contribution in [3.05, 3.63) is 22.5 Å². The monoisotopic (exact) mass is 240 g/mol. The minimum Gasteiger partial charge on any atom is -0.465 e. The van der Waals surface area contributed by atoms with Gasteiger partial charge in [0.1, 0.15) is 15.5 Å². The Balaban J connectivity index is 2.73. The third kappa shape index (κ3) is 1.51. The zero-order chi connectivity index (χ0) is 11.9. The number of methoxy groups -OCH3 is 1. The Kier molecular flexibility index (Phi) is 2.51. The largest absolute Gasteiger partial charge is 0.465 e. The van der Waals surface area contributed by atoms with Crippen molar-refractivity contribution in [1.29, 1.82) is 0 Å². The number of fused-ring (bicyclic) bond motifs is 1. The van der Waals surface area contributed by atoms with Crippen molar-refractivity contribution in [2.75, 3.05) is 12.8 Å². The fourth-order valence-electron chi connectivity index (χ4n) is 1.35. The predicted octanol–water partition coefficient (Wildman–Crippen LogP) is 2.11. The molecule has 0 aromatic carbocycles. The molecule has 0 aliphatic carbocycles. The van der Waals surface area contributed by atoms with Crippen LogP contribution in [0, 0.1) is 12.7 Å². The van der Waals surface area contributed by atoms with E-state index >= 15 is 0 Å². The van der Waals surface area contributed by atoms with Gasteiger partial charge in [0.15, 0.2) is 0 Å². The molecule has 84 valence electrons. The van der Waals surface area contributed by atoms with Crippen molar-refractivity contribution in [2.45, 2.75) is 6.92 Å². The molecule has 4 nitrogen and oxygen atoms in total. The van der Waals surface area contributed by atoms with E-state index in [-0.39, 0.29) is 16.3 Å². The standard InChI is InChI=1S/C10H9FN2O2S/c1-4-6(11)3-5-7(12)8(10(14)15-2)16-9(5)13-4/h3H,12H2,1-2H3. The van der Waals surface area contributed by atoms with Gasteiger partial charge in [0, 0.05) is 5.39 Å². The summed E-state index contributed by atoms with van der Waals surface area (Å²) in [4.78, 5) is 16.2. The average Bonchev–Trinajstić information content (AvgIpc) is 2.56. The number of aromatic nitrogens is 1. The van der Waals surface area contributed by atoms with Gasteiger partial charge in [-0.25, -0.2) is 14.2 Å². The number of nitrogens with two attached hydrogens (primary N) is 1. The summed E-state index contributed by atoms with van der Waals surface area (Å²) in [6.07, 6.45) is 0. The van der Waals surface area contributed by atoms with Crippen LogP contribution < -0.4 is 5.73 Å². The maximum absolute atomic E-state index is 13.3. The molecule has 0 radical (unpaired) electrons. The molecule has 16 heavy (non-hydrogen) atoms. The molecule has 0 fully saturated rings. The zero-order valence-corrected chi connectivity index (χ0v) is 9.52. The first kappa shape index (κ1) is 10.8. The summed E-state index contributed by atoms with van der Waals surface area (Å²) in [6, 6.07) is 1.29. The van der Waals surface area contributed by atoms with Crippen LogP contribution in [-0.4, -0.2) is 18.1 Å². The second-order valence-electron chi connectivity index (χ2n) is 3.24. The van der Waals surface area contributed by atoms with Gasteiger partial charge in [0.25, 0.3) is 0 Å². The summed E-state index contributed by atoms with van der Waals surface area (Å²) in [5.41, 5.74) is 6.24. The highest BCUT2D eigenvalue weighted by molar-refractivity contribution is 7.21. The second kappa shape index (κ2) is 3.71. The molecular weight excluding hydrogens is 231 g/mol. The van der Waals surface area contributed by atoms with Gasteiger partial charge in [0.2, 0.25) is 0 Å². The average molecular weight is 240 g/mol. The van der Waals surface area contributed by atoms with Gasteiger partial charge < -0.3 is 10.5 Å². The van der Waals surface area contributed by atoms with E-state index in [2.05, 4.69) is 9.72 Å². The highest BCUT2D eigenvalue weighted by Crippen LogP contribution is 2.33. The lowest BCUT2D eigenvalue weighted by Gasteiger charge is -1.96. The molecule has 0 unspecified atom stereocenters. The van der Waals surface area contributed by atoms with Gasteiger partial charge >= 0.3 is 5.97 Å². The molecule has 0 spiro atoms. The maximum Gasteiger partial charge on any atom is 0.350 e. The molecule has 0 bridgehead atoms. The van der Waals surface area contributed by atoms with Crippen molar-refractivity contribution < 1.29 is 13.9 Å². The number of rotatable bonds is 1. The van der Waals surface area contributed by atoms with Crippen LogP contribution in [0.2, 0.25) is 0 Å². The Morgan fingerprint density at radius 1 is 1.62 bits per heavy atom. The van der Waals surface area contributed by atoms with Crippen molar-refractivity contribution in [2.24, 2.45) is 0 Å². The van der Waals surface area contributed by atoms with E-state index in [1.165, 1.54) is 13.2 Å². The lowest BCUT2D eigenvalue weighted by atomic mass is 10.2. The highest BCUT2D eigenvalue weighted by Gasteiger charge is 2.18. The normalized spacial score (nSPS) is 10.7. The lowest BCUT2D eigenvalue weighted by molar-refractivity contribution is 0.0607. The predicted molar refractivity (Wildman–Crippen MR) is 60.1 cm³/mol. The number of hydrogen-bond donors (Lipinski definition) is 1. The molecule has 0 saturated carbocycles. The van der Waals surface area contributed by atoms with Crippen LogP contribution in [0.3, 0.4) is 0 Å². The van der Waals surface area contributed by atoms with Crippen LogP contribution in [0.15, 0.2) is 6.07 Å². The fourth-order valence-corrected chi connectivity index (χ4v) is 2.39. The number of nitrogen functional groups attached to an aromatic ring is 1. The fraction of sp³-hybridized carbons (Fsp3) is 0.200. The minimum atomic E-state index is -0.529. The molecule has 2 heterocycles. The minimum absolute atomic E-state index is 0.221. The Morgan fingerprint density at radius 3 is 2.94 bits per heavy atom. The lowest BCUT2D eigenvalue weighted by Crippen LogP contribution is -2.01. The van der Waals surface area contributed by atoms with E-state index in [1.807, 2.05) is 0 Å². The van der Waals surface area contributed by atoms with E-state index in [1.54, 1.807) is 6.92 Å². The molecule has 2 aromatic heterocycles. The highest BCUT2D eigenvalue weighted by atomic mass is 32.1. The van der Waals surface area contributed by atoms with E-state index in [9.17, 15) is 9.18 Å². The Labute approximate surface area is 94.8 Å². The number of halogens is 1. The number of pyridine rings is 1. The van der Waals surface area contributed by atoms with E-state index < -0.39 is 11.8 Å². The summed E-state index contributed by atoms with van der Waals surface area (Å²) < 4.78 is 17.9. The molecule has 0 amide bonds. The molecule has 0 saturated heterocycles. The number of esters is 1. The number of anilines is 1. The smallest absolute Gasteiger partial charge is 0.350 e. The number of carbonyl (C=O) groups excluding carboxylic acids is 1. The number of carbonyl (C=O) groups is 1. The topological polar surface area (TPSA) is 65.2 Å². The van der Waals surface area contributed by atoms with Crippen molar-refractivity contribution in [3.8, 4) is 0 Å². The molecule has 6 heteroatoms. The second-order valence-corrected chi connectivity index (χ2v) is 4.24. The molecule has 0 atom stereocenters. The van der Waals surface area contributed by atoms with Crippen molar-refractivity contribution in [1.82, 2.24) is 4.98 Å². The third-order valence-electron chi connectivity index (χ3n) is 2.22. The molecule has 2 aromatic rings. The quantitative estimate of drug-likeness (QED) is 0.775. The van der Waals surface area contributed by atoms with Crippen LogP contribution in [0.5, 0.6) is 0 Å². The molecule has 2 rings (SSSR count). The Bertz CT molecular complexity index is 580. The first-order valence-electron chi connectivity index (χ1n) is 4.48. The SMILES string of the molecule is COC(=O)c1sc2nc(C)c(F)cc2c1N. The van der Waals surface area contributed by atoms with Crippen molar-refractivity contribution in [3.63, 3.8) is 0 Å². The van der Waals surface area contributed by atoms with E-state index in [0.29, 0.717) is 10.2 Å². The van der Waals surface area contributed by atoms with E-state index in [0.717, 1.165) is 11.3 Å². The number of ether oxygens (including phenoxy) is 1. The Morgan fingerprint density at radius 2 is 2.31 bits per heavy atom. The van der Waals surface area contributed by atoms with Gasteiger partial charge in [-0.15, -0.1) is 11.3 Å². The van der Waals surface area contributed by atoms with Crippen molar-refractivity contribution >= 4 is 33.2 Å². The van der Waals surface area contributed by atoms with Gasteiger partial charge in [0.05, 0.1) is 18.5 Å². The van der Waals surface area contributed by atoms with Crippen LogP contribution in [0.25, 0.3) is 10.2 Å².